The zero-order chi connectivity index (χ0) is 10.8. The van der Waals surface area contributed by atoms with E-state index in [-0.39, 0.29) is 17.8 Å². The van der Waals surface area contributed by atoms with Crippen LogP contribution in [0.4, 0.5) is 0 Å². The maximum atomic E-state index is 12.1. The van der Waals surface area contributed by atoms with E-state index in [1.165, 1.54) is 0 Å². The van der Waals surface area contributed by atoms with Crippen molar-refractivity contribution in [3.8, 4) is 0 Å². The van der Waals surface area contributed by atoms with Crippen molar-refractivity contribution in [1.82, 2.24) is 0 Å². The minimum atomic E-state index is 0.0464. The van der Waals surface area contributed by atoms with Crippen molar-refractivity contribution in [3.63, 3.8) is 0 Å². The lowest BCUT2D eigenvalue weighted by atomic mass is 9.92. The Morgan fingerprint density at radius 1 is 1.40 bits per heavy atom. The molecule has 0 saturated carbocycles. The van der Waals surface area contributed by atoms with Crippen LogP contribution in [0.1, 0.15) is 23.7 Å². The molecule has 2 rings (SSSR count). The van der Waals surface area contributed by atoms with E-state index in [0.29, 0.717) is 6.61 Å². The Morgan fingerprint density at radius 3 is 2.60 bits per heavy atom. The molecule has 1 aliphatic rings. The standard InChI is InChI=1S/C12H13IO2/c1-8-11(6-7-15-8)12(14)9-2-4-10(13)5-3-9/h2-5,8,11H,6-7H2,1H3. The van der Waals surface area contributed by atoms with Crippen molar-refractivity contribution in [2.24, 2.45) is 5.92 Å². The molecule has 3 heteroatoms. The summed E-state index contributed by atoms with van der Waals surface area (Å²) in [4.78, 5) is 12.1. The molecule has 0 spiro atoms. The second kappa shape index (κ2) is 4.61. The van der Waals surface area contributed by atoms with Crippen LogP contribution in [0.25, 0.3) is 0 Å². The van der Waals surface area contributed by atoms with Crippen molar-refractivity contribution < 1.29 is 9.53 Å². The number of carbonyl (C=O) groups is 1. The van der Waals surface area contributed by atoms with E-state index in [9.17, 15) is 4.79 Å². The van der Waals surface area contributed by atoms with Gasteiger partial charge in [-0.1, -0.05) is 12.1 Å². The second-order valence-corrected chi connectivity index (χ2v) is 5.09. The summed E-state index contributed by atoms with van der Waals surface area (Å²) in [5, 5.41) is 0. The highest BCUT2D eigenvalue weighted by molar-refractivity contribution is 14.1. The summed E-state index contributed by atoms with van der Waals surface area (Å²) in [5.41, 5.74) is 0.803. The summed E-state index contributed by atoms with van der Waals surface area (Å²) in [7, 11) is 0. The average Bonchev–Trinajstić information content (AvgIpc) is 2.65. The fraction of sp³-hybridized carbons (Fsp3) is 0.417. The molecule has 2 nitrogen and oxygen atoms in total. The van der Waals surface area contributed by atoms with Gasteiger partial charge in [-0.05, 0) is 48.1 Å². The molecule has 1 saturated heterocycles. The van der Waals surface area contributed by atoms with Gasteiger partial charge in [0.25, 0.3) is 0 Å². The third kappa shape index (κ3) is 2.39. The second-order valence-electron chi connectivity index (χ2n) is 3.84. The Hall–Kier alpha value is -0.420. The van der Waals surface area contributed by atoms with Crippen molar-refractivity contribution in [3.05, 3.63) is 33.4 Å². The summed E-state index contributed by atoms with van der Waals surface area (Å²) in [5.74, 6) is 0.265. The first-order valence-corrected chi connectivity index (χ1v) is 6.18. The molecule has 1 fully saturated rings. The Balaban J connectivity index is 2.17. The smallest absolute Gasteiger partial charge is 0.168 e. The van der Waals surface area contributed by atoms with E-state index in [0.717, 1.165) is 15.6 Å². The topological polar surface area (TPSA) is 26.3 Å². The number of Topliss-reactive ketones (excluding diaryl/α,β-unsaturated/α-hetero) is 1. The summed E-state index contributed by atoms with van der Waals surface area (Å²) in [6, 6.07) is 7.73. The minimum absolute atomic E-state index is 0.0464. The fourth-order valence-electron chi connectivity index (χ4n) is 1.90. The molecular formula is C12H13IO2. The maximum Gasteiger partial charge on any atom is 0.168 e. The molecule has 80 valence electrons. The molecule has 15 heavy (non-hydrogen) atoms. The number of ether oxygens (including phenoxy) is 1. The molecule has 0 N–H and O–H groups in total. The van der Waals surface area contributed by atoms with Crippen molar-refractivity contribution in [2.75, 3.05) is 6.61 Å². The van der Waals surface area contributed by atoms with Crippen LogP contribution in [-0.2, 0) is 4.74 Å². The largest absolute Gasteiger partial charge is 0.378 e. The van der Waals surface area contributed by atoms with Crippen LogP contribution in [0.15, 0.2) is 24.3 Å². The van der Waals surface area contributed by atoms with Crippen LogP contribution in [0.3, 0.4) is 0 Å². The Bertz CT molecular complexity index is 358. The van der Waals surface area contributed by atoms with Gasteiger partial charge in [-0.2, -0.15) is 0 Å². The molecule has 1 heterocycles. The van der Waals surface area contributed by atoms with E-state index in [1.807, 2.05) is 31.2 Å². The summed E-state index contributed by atoms with van der Waals surface area (Å²) < 4.78 is 6.56. The average molecular weight is 316 g/mol. The van der Waals surface area contributed by atoms with E-state index in [4.69, 9.17) is 4.74 Å². The summed E-state index contributed by atoms with van der Waals surface area (Å²) >= 11 is 2.24. The molecule has 0 radical (unpaired) electrons. The van der Waals surface area contributed by atoms with Crippen molar-refractivity contribution in [2.45, 2.75) is 19.4 Å². The molecule has 0 bridgehead atoms. The van der Waals surface area contributed by atoms with Gasteiger partial charge in [0.05, 0.1) is 12.0 Å². The number of hydrogen-bond acceptors (Lipinski definition) is 2. The van der Waals surface area contributed by atoms with Crippen LogP contribution < -0.4 is 0 Å². The number of benzene rings is 1. The van der Waals surface area contributed by atoms with Gasteiger partial charge in [-0.3, -0.25) is 4.79 Å². The van der Waals surface area contributed by atoms with Crippen LogP contribution in [0.5, 0.6) is 0 Å². The summed E-state index contributed by atoms with van der Waals surface area (Å²) in [6.45, 7) is 2.68. The van der Waals surface area contributed by atoms with Crippen LogP contribution in [0, 0.1) is 9.49 Å². The van der Waals surface area contributed by atoms with Gasteiger partial charge in [0, 0.05) is 15.7 Å². The first-order valence-electron chi connectivity index (χ1n) is 5.10. The first-order chi connectivity index (χ1) is 7.18. The lowest BCUT2D eigenvalue weighted by molar-refractivity contribution is 0.0764. The van der Waals surface area contributed by atoms with Gasteiger partial charge in [-0.25, -0.2) is 0 Å². The lowest BCUT2D eigenvalue weighted by Crippen LogP contribution is -2.21. The van der Waals surface area contributed by atoms with Gasteiger partial charge in [-0.15, -0.1) is 0 Å². The zero-order valence-electron chi connectivity index (χ0n) is 8.57. The molecule has 1 aliphatic heterocycles. The SMILES string of the molecule is CC1OCCC1C(=O)c1ccc(I)cc1. The van der Waals surface area contributed by atoms with Crippen molar-refractivity contribution >= 4 is 28.4 Å². The molecule has 0 amide bonds. The van der Waals surface area contributed by atoms with E-state index in [1.54, 1.807) is 0 Å². The molecule has 1 aromatic rings. The number of ketones is 1. The third-order valence-electron chi connectivity index (χ3n) is 2.84. The predicted molar refractivity (Wildman–Crippen MR) is 67.0 cm³/mol. The van der Waals surface area contributed by atoms with E-state index >= 15 is 0 Å². The first kappa shape index (κ1) is 11.1. The van der Waals surface area contributed by atoms with Gasteiger partial charge >= 0.3 is 0 Å². The molecule has 0 aliphatic carbocycles. The Kier molecular flexibility index (Phi) is 3.41. The van der Waals surface area contributed by atoms with Gasteiger partial charge in [0.2, 0.25) is 0 Å². The zero-order valence-corrected chi connectivity index (χ0v) is 10.7. The third-order valence-corrected chi connectivity index (χ3v) is 3.56. The number of halogens is 1. The summed E-state index contributed by atoms with van der Waals surface area (Å²) in [6.07, 6.45) is 0.920. The Labute approximate surface area is 103 Å². The highest BCUT2D eigenvalue weighted by atomic mass is 127. The van der Waals surface area contributed by atoms with Gasteiger partial charge < -0.3 is 4.74 Å². The van der Waals surface area contributed by atoms with Gasteiger partial charge in [0.1, 0.15) is 0 Å². The quantitative estimate of drug-likeness (QED) is 0.619. The lowest BCUT2D eigenvalue weighted by Gasteiger charge is -2.12. The van der Waals surface area contributed by atoms with Crippen LogP contribution in [-0.4, -0.2) is 18.5 Å². The molecule has 1 aromatic carbocycles. The molecule has 2 unspecified atom stereocenters. The molecular weight excluding hydrogens is 303 g/mol. The highest BCUT2D eigenvalue weighted by Gasteiger charge is 2.31. The highest BCUT2D eigenvalue weighted by Crippen LogP contribution is 2.24. The normalized spacial score (nSPS) is 25.5. The monoisotopic (exact) mass is 316 g/mol. The Morgan fingerprint density at radius 2 is 2.07 bits per heavy atom. The number of rotatable bonds is 2. The van der Waals surface area contributed by atoms with Gasteiger partial charge in [0.15, 0.2) is 5.78 Å². The number of hydrogen-bond donors (Lipinski definition) is 0. The predicted octanol–water partition coefficient (Wildman–Crippen LogP) is 2.90. The number of carbonyl (C=O) groups excluding carboxylic acids is 1. The fourth-order valence-corrected chi connectivity index (χ4v) is 2.26. The maximum absolute atomic E-state index is 12.1. The molecule has 2 atom stereocenters. The molecule has 0 aromatic heterocycles. The van der Waals surface area contributed by atoms with E-state index < -0.39 is 0 Å². The van der Waals surface area contributed by atoms with E-state index in [2.05, 4.69) is 22.6 Å². The van der Waals surface area contributed by atoms with Crippen molar-refractivity contribution in [1.29, 1.82) is 0 Å². The van der Waals surface area contributed by atoms with Crippen LogP contribution in [0.2, 0.25) is 0 Å². The minimum Gasteiger partial charge on any atom is -0.378 e. The van der Waals surface area contributed by atoms with Crippen LogP contribution >= 0.6 is 22.6 Å².